The van der Waals surface area contributed by atoms with E-state index in [0.29, 0.717) is 6.04 Å². The Labute approximate surface area is 92.3 Å². The number of rotatable bonds is 2. The molecule has 1 atom stereocenters. The van der Waals surface area contributed by atoms with E-state index in [1.54, 1.807) is 0 Å². The molecule has 1 aliphatic heterocycles. The van der Waals surface area contributed by atoms with E-state index in [9.17, 15) is 0 Å². The lowest BCUT2D eigenvalue weighted by atomic mass is 10.0. The van der Waals surface area contributed by atoms with Crippen LogP contribution in [0.25, 0.3) is 0 Å². The Balaban J connectivity index is 2.35. The summed E-state index contributed by atoms with van der Waals surface area (Å²) in [5.74, 6) is 0. The fourth-order valence-electron chi connectivity index (χ4n) is 2.22. The van der Waals surface area contributed by atoms with Crippen molar-refractivity contribution in [2.75, 3.05) is 23.8 Å². The van der Waals surface area contributed by atoms with Crippen LogP contribution in [0.15, 0.2) is 18.2 Å². The largest absolute Gasteiger partial charge is 0.381 e. The van der Waals surface area contributed by atoms with Gasteiger partial charge in [-0.15, -0.1) is 0 Å². The quantitative estimate of drug-likeness (QED) is 0.797. The number of hydrogen-bond acceptors (Lipinski definition) is 2. The van der Waals surface area contributed by atoms with Gasteiger partial charge in [-0.05, 0) is 30.5 Å². The topological polar surface area (TPSA) is 15.3 Å². The SMILES string of the molecule is CCc1ccc2c(c1)N(C)C(CC)CN2. The molecule has 0 aliphatic carbocycles. The van der Waals surface area contributed by atoms with Crippen molar-refractivity contribution in [2.45, 2.75) is 32.7 Å². The summed E-state index contributed by atoms with van der Waals surface area (Å²) in [5, 5.41) is 3.50. The average Bonchev–Trinajstić information content (AvgIpc) is 2.29. The molecule has 2 nitrogen and oxygen atoms in total. The summed E-state index contributed by atoms with van der Waals surface area (Å²) in [5.41, 5.74) is 4.05. The van der Waals surface area contributed by atoms with Gasteiger partial charge in [-0.1, -0.05) is 19.9 Å². The van der Waals surface area contributed by atoms with Crippen molar-refractivity contribution in [1.82, 2.24) is 0 Å². The number of likely N-dealkylation sites (N-methyl/N-ethyl adjacent to an activating group) is 1. The number of fused-ring (bicyclic) bond motifs is 1. The molecule has 0 aromatic heterocycles. The smallest absolute Gasteiger partial charge is 0.0605 e. The van der Waals surface area contributed by atoms with Crippen molar-refractivity contribution in [3.05, 3.63) is 23.8 Å². The summed E-state index contributed by atoms with van der Waals surface area (Å²) in [7, 11) is 2.20. The Bertz CT molecular complexity index is 346. The first-order chi connectivity index (χ1) is 7.26. The summed E-state index contributed by atoms with van der Waals surface area (Å²) >= 11 is 0. The number of hydrogen-bond donors (Lipinski definition) is 1. The first-order valence-electron chi connectivity index (χ1n) is 5.85. The van der Waals surface area contributed by atoms with E-state index >= 15 is 0 Å². The van der Waals surface area contributed by atoms with Crippen LogP contribution in [0.4, 0.5) is 11.4 Å². The van der Waals surface area contributed by atoms with Crippen molar-refractivity contribution in [2.24, 2.45) is 0 Å². The highest BCUT2D eigenvalue weighted by Gasteiger charge is 2.21. The van der Waals surface area contributed by atoms with Crippen molar-refractivity contribution in [3.8, 4) is 0 Å². The van der Waals surface area contributed by atoms with Crippen LogP contribution in [0.3, 0.4) is 0 Å². The number of nitrogens with one attached hydrogen (secondary N) is 1. The molecular weight excluding hydrogens is 184 g/mol. The van der Waals surface area contributed by atoms with Gasteiger partial charge >= 0.3 is 0 Å². The zero-order valence-electron chi connectivity index (χ0n) is 9.88. The lowest BCUT2D eigenvalue weighted by Gasteiger charge is -2.36. The molecule has 1 aromatic carbocycles. The van der Waals surface area contributed by atoms with E-state index in [2.05, 4.69) is 49.3 Å². The summed E-state index contributed by atoms with van der Waals surface area (Å²) in [6.07, 6.45) is 2.30. The van der Waals surface area contributed by atoms with Crippen LogP contribution in [-0.2, 0) is 6.42 Å². The highest BCUT2D eigenvalue weighted by Crippen LogP contribution is 2.32. The molecule has 0 bridgehead atoms. The molecule has 1 unspecified atom stereocenters. The lowest BCUT2D eigenvalue weighted by molar-refractivity contribution is 0.622. The Hall–Kier alpha value is -1.18. The Morgan fingerprint density at radius 3 is 2.87 bits per heavy atom. The van der Waals surface area contributed by atoms with Crippen LogP contribution in [0.1, 0.15) is 25.8 Å². The highest BCUT2D eigenvalue weighted by molar-refractivity contribution is 5.73. The minimum absolute atomic E-state index is 0.629. The van der Waals surface area contributed by atoms with Crippen LogP contribution < -0.4 is 10.2 Å². The maximum Gasteiger partial charge on any atom is 0.0605 e. The molecule has 15 heavy (non-hydrogen) atoms. The molecule has 1 aromatic rings. The fourth-order valence-corrected chi connectivity index (χ4v) is 2.22. The molecule has 0 fully saturated rings. The molecule has 0 saturated carbocycles. The second kappa shape index (κ2) is 4.13. The molecule has 2 rings (SSSR count). The lowest BCUT2D eigenvalue weighted by Crippen LogP contribution is -2.41. The molecule has 0 saturated heterocycles. The molecule has 1 heterocycles. The molecule has 0 radical (unpaired) electrons. The third-order valence-corrected chi connectivity index (χ3v) is 3.40. The maximum absolute atomic E-state index is 3.50. The second-order valence-corrected chi connectivity index (χ2v) is 4.26. The van der Waals surface area contributed by atoms with Gasteiger partial charge < -0.3 is 10.2 Å². The van der Waals surface area contributed by atoms with Crippen molar-refractivity contribution >= 4 is 11.4 Å². The van der Waals surface area contributed by atoms with Gasteiger partial charge in [0.1, 0.15) is 0 Å². The number of aryl methyl sites for hydroxylation is 1. The first kappa shape index (κ1) is 10.3. The molecule has 0 spiro atoms. The predicted octanol–water partition coefficient (Wildman–Crippen LogP) is 2.89. The Morgan fingerprint density at radius 1 is 1.40 bits per heavy atom. The van der Waals surface area contributed by atoms with Gasteiger partial charge in [0.05, 0.1) is 11.4 Å². The van der Waals surface area contributed by atoms with Gasteiger partial charge in [0, 0.05) is 19.6 Å². The normalized spacial score (nSPS) is 19.7. The number of benzene rings is 1. The van der Waals surface area contributed by atoms with Gasteiger partial charge in [0.2, 0.25) is 0 Å². The summed E-state index contributed by atoms with van der Waals surface area (Å²) in [4.78, 5) is 2.41. The summed E-state index contributed by atoms with van der Waals surface area (Å²) in [6.45, 7) is 5.51. The molecule has 2 heteroatoms. The summed E-state index contributed by atoms with van der Waals surface area (Å²) in [6, 6.07) is 7.36. The molecule has 82 valence electrons. The predicted molar refractivity (Wildman–Crippen MR) is 66.8 cm³/mol. The van der Waals surface area contributed by atoms with Gasteiger partial charge in [0.25, 0.3) is 0 Å². The highest BCUT2D eigenvalue weighted by atomic mass is 15.2. The van der Waals surface area contributed by atoms with Crippen molar-refractivity contribution < 1.29 is 0 Å². The third kappa shape index (κ3) is 1.81. The Kier molecular flexibility index (Phi) is 2.85. The third-order valence-electron chi connectivity index (χ3n) is 3.40. The molecule has 1 aliphatic rings. The fraction of sp³-hybridized carbons (Fsp3) is 0.538. The minimum Gasteiger partial charge on any atom is -0.381 e. The average molecular weight is 204 g/mol. The maximum atomic E-state index is 3.50. The van der Waals surface area contributed by atoms with Crippen LogP contribution in [0.2, 0.25) is 0 Å². The minimum atomic E-state index is 0.629. The number of anilines is 2. The van der Waals surface area contributed by atoms with Crippen LogP contribution in [0, 0.1) is 0 Å². The van der Waals surface area contributed by atoms with Crippen LogP contribution >= 0.6 is 0 Å². The van der Waals surface area contributed by atoms with Gasteiger partial charge in [-0.3, -0.25) is 0 Å². The van der Waals surface area contributed by atoms with Gasteiger partial charge in [-0.25, -0.2) is 0 Å². The van der Waals surface area contributed by atoms with E-state index in [1.807, 2.05) is 0 Å². The first-order valence-corrected chi connectivity index (χ1v) is 5.85. The Morgan fingerprint density at radius 2 is 2.20 bits per heavy atom. The van der Waals surface area contributed by atoms with E-state index in [-0.39, 0.29) is 0 Å². The summed E-state index contributed by atoms with van der Waals surface area (Å²) < 4.78 is 0. The standard InChI is InChI=1S/C13H20N2/c1-4-10-6-7-12-13(8-10)15(3)11(5-2)9-14-12/h6-8,11,14H,4-5,9H2,1-3H3. The molecule has 1 N–H and O–H groups in total. The van der Waals surface area contributed by atoms with Gasteiger partial charge in [-0.2, -0.15) is 0 Å². The van der Waals surface area contributed by atoms with Crippen LogP contribution in [-0.4, -0.2) is 19.6 Å². The second-order valence-electron chi connectivity index (χ2n) is 4.26. The van der Waals surface area contributed by atoms with E-state index in [1.165, 1.54) is 23.4 Å². The monoisotopic (exact) mass is 204 g/mol. The number of nitrogens with zero attached hydrogens (tertiary/aromatic N) is 1. The zero-order chi connectivity index (χ0) is 10.8. The van der Waals surface area contributed by atoms with E-state index in [0.717, 1.165) is 13.0 Å². The molecular formula is C13H20N2. The zero-order valence-corrected chi connectivity index (χ0v) is 9.88. The van der Waals surface area contributed by atoms with E-state index in [4.69, 9.17) is 0 Å². The van der Waals surface area contributed by atoms with Gasteiger partial charge in [0.15, 0.2) is 0 Å². The van der Waals surface area contributed by atoms with Crippen LogP contribution in [0.5, 0.6) is 0 Å². The molecule has 0 amide bonds. The van der Waals surface area contributed by atoms with Crippen molar-refractivity contribution in [3.63, 3.8) is 0 Å². The van der Waals surface area contributed by atoms with Crippen molar-refractivity contribution in [1.29, 1.82) is 0 Å². The van der Waals surface area contributed by atoms with E-state index < -0.39 is 0 Å².